The van der Waals surface area contributed by atoms with Crippen LogP contribution < -0.4 is 0 Å². The van der Waals surface area contributed by atoms with Gasteiger partial charge in [-0.15, -0.1) is 0 Å². The molecule has 0 heterocycles. The molecule has 0 rings (SSSR count). The smallest absolute Gasteiger partial charge is 0.457 e. The van der Waals surface area contributed by atoms with Gasteiger partial charge < -0.3 is 18.9 Å². The first-order valence-electron chi connectivity index (χ1n) is 16.4. The van der Waals surface area contributed by atoms with Crippen molar-refractivity contribution in [1.82, 2.24) is 0 Å². The van der Waals surface area contributed by atoms with Crippen molar-refractivity contribution in [3.63, 3.8) is 0 Å². The van der Waals surface area contributed by atoms with Crippen LogP contribution in [0.2, 0.25) is 0 Å². The number of carbonyl (C=O) groups is 1. The van der Waals surface area contributed by atoms with Crippen LogP contribution in [0.1, 0.15) is 129 Å². The minimum atomic E-state index is -4.23. The van der Waals surface area contributed by atoms with Crippen molar-refractivity contribution in [3.05, 3.63) is 12.2 Å². The largest absolute Gasteiger partial charge is 0.472 e. The summed E-state index contributed by atoms with van der Waals surface area (Å²) < 4.78 is 34.1. The molecular weight excluding hydrogens is 541 g/mol. The van der Waals surface area contributed by atoms with Gasteiger partial charge in [-0.1, -0.05) is 96.6 Å². The first kappa shape index (κ1) is 40.2. The maximum atomic E-state index is 12.2. The molecule has 0 aromatic heterocycles. The van der Waals surface area contributed by atoms with Crippen molar-refractivity contribution >= 4 is 13.8 Å². The Labute approximate surface area is 252 Å². The van der Waals surface area contributed by atoms with Gasteiger partial charge in [0.1, 0.15) is 19.3 Å². The third-order valence-electron chi connectivity index (χ3n) is 6.80. The molecule has 0 aromatic rings. The summed E-state index contributed by atoms with van der Waals surface area (Å²) in [6.07, 6.45) is 25.3. The van der Waals surface area contributed by atoms with Gasteiger partial charge in [-0.3, -0.25) is 13.8 Å². The quantitative estimate of drug-likeness (QED) is 0.0289. The van der Waals surface area contributed by atoms with E-state index in [0.717, 1.165) is 12.8 Å². The van der Waals surface area contributed by atoms with Crippen molar-refractivity contribution in [2.24, 2.45) is 0 Å². The topological polar surface area (TPSA) is 91.3 Å². The molecule has 1 N–H and O–H groups in total. The summed E-state index contributed by atoms with van der Waals surface area (Å²) in [5.74, 6) is -0.368. The highest BCUT2D eigenvalue weighted by Gasteiger charge is 2.26. The summed E-state index contributed by atoms with van der Waals surface area (Å²) in [7, 11) is 1.66. The fourth-order valence-corrected chi connectivity index (χ4v) is 4.97. The second-order valence-corrected chi connectivity index (χ2v) is 13.6. The van der Waals surface area contributed by atoms with Crippen molar-refractivity contribution in [2.45, 2.75) is 136 Å². The zero-order valence-corrected chi connectivity index (χ0v) is 28.2. The van der Waals surface area contributed by atoms with Gasteiger partial charge in [-0.2, -0.15) is 0 Å². The predicted molar refractivity (Wildman–Crippen MR) is 169 cm³/mol. The third-order valence-corrected chi connectivity index (χ3v) is 7.78. The van der Waals surface area contributed by atoms with E-state index in [4.69, 9.17) is 18.5 Å². The minimum absolute atomic E-state index is 0.0881. The first-order valence-corrected chi connectivity index (χ1v) is 17.9. The number of phosphoric acid groups is 1. The predicted octanol–water partition coefficient (Wildman–Crippen LogP) is 8.37. The van der Waals surface area contributed by atoms with Gasteiger partial charge in [0, 0.05) is 13.0 Å². The van der Waals surface area contributed by atoms with E-state index < -0.39 is 13.9 Å². The van der Waals surface area contributed by atoms with Gasteiger partial charge in [-0.05, 0) is 38.5 Å². The van der Waals surface area contributed by atoms with Gasteiger partial charge in [-0.25, -0.2) is 4.57 Å². The van der Waals surface area contributed by atoms with E-state index in [-0.39, 0.29) is 32.2 Å². The summed E-state index contributed by atoms with van der Waals surface area (Å²) >= 11 is 0. The van der Waals surface area contributed by atoms with Crippen LogP contribution in [0.4, 0.5) is 0 Å². The van der Waals surface area contributed by atoms with E-state index in [1.807, 2.05) is 28.1 Å². The molecule has 0 aliphatic heterocycles. The molecule has 41 heavy (non-hydrogen) atoms. The highest BCUT2D eigenvalue weighted by molar-refractivity contribution is 7.47. The minimum Gasteiger partial charge on any atom is -0.457 e. The summed E-state index contributed by atoms with van der Waals surface area (Å²) in [6, 6.07) is 0. The fourth-order valence-electron chi connectivity index (χ4n) is 4.23. The molecule has 0 saturated carbocycles. The van der Waals surface area contributed by atoms with Gasteiger partial charge in [0.25, 0.3) is 0 Å². The van der Waals surface area contributed by atoms with Crippen molar-refractivity contribution in [2.75, 3.05) is 54.1 Å². The molecule has 0 spiro atoms. The lowest BCUT2D eigenvalue weighted by Gasteiger charge is -2.24. The second-order valence-electron chi connectivity index (χ2n) is 12.2. The SMILES string of the molecule is CCCCCCCC/C=C\CCCCCCCCCCOCC(COP(=O)(O)OCC[N+](C)(C)C)OC(=O)CCC. The normalized spacial score (nSPS) is 14.4. The zero-order chi connectivity index (χ0) is 30.7. The number of nitrogens with zero attached hydrogens (tertiary/aromatic N) is 1. The zero-order valence-electron chi connectivity index (χ0n) is 27.3. The van der Waals surface area contributed by atoms with E-state index in [1.165, 1.54) is 89.9 Å². The lowest BCUT2D eigenvalue weighted by atomic mass is 10.1. The Morgan fingerprint density at radius 3 is 1.80 bits per heavy atom. The average Bonchev–Trinajstić information content (AvgIpc) is 2.89. The second kappa shape index (κ2) is 26.8. The van der Waals surface area contributed by atoms with Crippen molar-refractivity contribution in [3.8, 4) is 0 Å². The summed E-state index contributed by atoms with van der Waals surface area (Å²) in [5.41, 5.74) is 0. The number of carbonyl (C=O) groups excluding carboxylic acids is 1. The van der Waals surface area contributed by atoms with E-state index in [9.17, 15) is 14.3 Å². The monoisotopic (exact) mass is 606 g/mol. The number of quaternary nitrogens is 1. The van der Waals surface area contributed by atoms with Gasteiger partial charge in [0.15, 0.2) is 0 Å². The fraction of sp³-hybridized carbons (Fsp3) is 0.906. The van der Waals surface area contributed by atoms with Crippen molar-refractivity contribution < 1.29 is 37.3 Å². The Kier molecular flexibility index (Phi) is 26.3. The lowest BCUT2D eigenvalue weighted by Crippen LogP contribution is -2.37. The standard InChI is InChI=1S/C32H64NO7P/c1-6-8-9-10-11-12-13-14-15-16-17-18-19-20-21-22-23-24-27-37-29-31(40-32(34)25-7-2)30-39-41(35,36)38-28-26-33(3,4)5/h14-15,31H,6-13,16-30H2,1-5H3/p+1/b15-14-. The molecule has 0 aromatic carbocycles. The third kappa shape index (κ3) is 30.5. The molecule has 9 heteroatoms. The number of hydrogen-bond acceptors (Lipinski definition) is 6. The number of unbranched alkanes of at least 4 members (excludes halogenated alkanes) is 14. The number of phosphoric ester groups is 1. The maximum absolute atomic E-state index is 12.2. The number of likely N-dealkylation sites (N-methyl/N-ethyl adjacent to an activating group) is 1. The van der Waals surface area contributed by atoms with Crippen LogP contribution in [0.25, 0.3) is 0 Å². The number of ether oxygens (including phenoxy) is 2. The molecule has 0 aliphatic rings. The van der Waals surface area contributed by atoms with E-state index in [0.29, 0.717) is 24.1 Å². The highest BCUT2D eigenvalue weighted by atomic mass is 31.2. The van der Waals surface area contributed by atoms with E-state index >= 15 is 0 Å². The molecule has 2 unspecified atom stereocenters. The van der Waals surface area contributed by atoms with E-state index in [1.54, 1.807) is 0 Å². The molecule has 0 aliphatic carbocycles. The highest BCUT2D eigenvalue weighted by Crippen LogP contribution is 2.43. The summed E-state index contributed by atoms with van der Waals surface area (Å²) in [5, 5.41) is 0. The Morgan fingerprint density at radius 2 is 1.27 bits per heavy atom. The van der Waals surface area contributed by atoms with Crippen LogP contribution in [0.3, 0.4) is 0 Å². The van der Waals surface area contributed by atoms with Gasteiger partial charge >= 0.3 is 13.8 Å². The van der Waals surface area contributed by atoms with E-state index in [2.05, 4.69) is 19.1 Å². The molecule has 0 amide bonds. The maximum Gasteiger partial charge on any atom is 0.472 e. The van der Waals surface area contributed by atoms with Gasteiger partial charge in [0.2, 0.25) is 0 Å². The van der Waals surface area contributed by atoms with Crippen LogP contribution in [-0.2, 0) is 27.9 Å². The molecule has 8 nitrogen and oxygen atoms in total. The molecule has 0 bridgehead atoms. The lowest BCUT2D eigenvalue weighted by molar-refractivity contribution is -0.870. The Balaban J connectivity index is 3.87. The first-order chi connectivity index (χ1) is 19.6. The molecule has 0 radical (unpaired) electrons. The van der Waals surface area contributed by atoms with Crippen LogP contribution in [0, 0.1) is 0 Å². The number of esters is 1. The van der Waals surface area contributed by atoms with Crippen LogP contribution >= 0.6 is 7.82 Å². The van der Waals surface area contributed by atoms with Crippen LogP contribution in [0.15, 0.2) is 12.2 Å². The Morgan fingerprint density at radius 1 is 0.732 bits per heavy atom. The van der Waals surface area contributed by atoms with Crippen LogP contribution in [0.5, 0.6) is 0 Å². The van der Waals surface area contributed by atoms with Crippen molar-refractivity contribution in [1.29, 1.82) is 0 Å². The van der Waals surface area contributed by atoms with Crippen LogP contribution in [-0.4, -0.2) is 75.6 Å². The summed E-state index contributed by atoms with van der Waals surface area (Å²) in [4.78, 5) is 21.9. The summed E-state index contributed by atoms with van der Waals surface area (Å²) in [6.45, 7) is 5.24. The molecule has 244 valence electrons. The number of hydrogen-bond donors (Lipinski definition) is 1. The average molecular weight is 607 g/mol. The Bertz CT molecular complexity index is 681. The molecule has 0 saturated heterocycles. The Hall–Kier alpha value is -0.760. The number of allylic oxidation sites excluding steroid dienone is 2. The molecular formula is C32H65NO7P+. The number of rotatable bonds is 30. The molecule has 2 atom stereocenters. The molecule has 0 fully saturated rings. The van der Waals surface area contributed by atoms with Gasteiger partial charge in [0.05, 0.1) is 34.4 Å².